The predicted molar refractivity (Wildman–Crippen MR) is 55.9 cm³/mol. The van der Waals surface area contributed by atoms with Crippen molar-refractivity contribution in [2.45, 2.75) is 32.2 Å². The van der Waals surface area contributed by atoms with E-state index in [4.69, 9.17) is 0 Å². The Labute approximate surface area is 80.4 Å². The lowest BCUT2D eigenvalue weighted by atomic mass is 10.1. The second kappa shape index (κ2) is 3.82. The maximum atomic E-state index is 3.06. The highest BCUT2D eigenvalue weighted by atomic mass is 15.2. The Hall–Kier alpha value is -0.980. The van der Waals surface area contributed by atoms with Crippen molar-refractivity contribution < 1.29 is 0 Å². The van der Waals surface area contributed by atoms with E-state index in [1.807, 2.05) is 12.1 Å². The predicted octanol–water partition coefficient (Wildman–Crippen LogP) is 2.87. The third kappa shape index (κ3) is 1.69. The van der Waals surface area contributed by atoms with Gasteiger partial charge in [-0.3, -0.25) is 0 Å². The molecule has 0 aliphatic carbocycles. The highest BCUT2D eigenvalue weighted by Crippen LogP contribution is 2.26. The van der Waals surface area contributed by atoms with Gasteiger partial charge in [-0.05, 0) is 37.5 Å². The van der Waals surface area contributed by atoms with E-state index in [-0.39, 0.29) is 0 Å². The lowest BCUT2D eigenvalue weighted by Crippen LogP contribution is -2.28. The molecule has 69 valence electrons. The second-order valence-corrected chi connectivity index (χ2v) is 3.66. The first-order valence-electron chi connectivity index (χ1n) is 5.14. The van der Waals surface area contributed by atoms with Crippen LogP contribution in [0.5, 0.6) is 0 Å². The van der Waals surface area contributed by atoms with Crippen molar-refractivity contribution in [3.05, 3.63) is 30.3 Å². The molecular formula is C12H16N. The highest BCUT2D eigenvalue weighted by Gasteiger charge is 2.22. The molecule has 0 spiro atoms. The highest BCUT2D eigenvalue weighted by molar-refractivity contribution is 5.47. The molecule has 1 unspecified atom stereocenters. The van der Waals surface area contributed by atoms with Crippen molar-refractivity contribution in [3.63, 3.8) is 0 Å². The first-order valence-corrected chi connectivity index (χ1v) is 5.14. The van der Waals surface area contributed by atoms with Crippen molar-refractivity contribution in [2.75, 3.05) is 11.4 Å². The topological polar surface area (TPSA) is 3.24 Å². The number of rotatable bonds is 2. The number of benzene rings is 1. The molecule has 1 fully saturated rings. The monoisotopic (exact) mass is 174 g/mol. The van der Waals surface area contributed by atoms with Crippen LogP contribution in [0.4, 0.5) is 5.69 Å². The summed E-state index contributed by atoms with van der Waals surface area (Å²) in [6.07, 6.45) is 3.96. The van der Waals surface area contributed by atoms with Crippen LogP contribution in [0, 0.1) is 6.07 Å². The molecule has 1 aromatic carbocycles. The molecule has 1 nitrogen and oxygen atoms in total. The molecular weight excluding hydrogens is 158 g/mol. The van der Waals surface area contributed by atoms with E-state index in [1.165, 1.54) is 31.5 Å². The van der Waals surface area contributed by atoms with Crippen LogP contribution in [0.3, 0.4) is 0 Å². The summed E-state index contributed by atoms with van der Waals surface area (Å²) in [5.74, 6) is 0. The maximum absolute atomic E-state index is 3.06. The quantitative estimate of drug-likeness (QED) is 0.666. The van der Waals surface area contributed by atoms with Gasteiger partial charge in [-0.1, -0.05) is 19.1 Å². The zero-order chi connectivity index (χ0) is 9.10. The minimum atomic E-state index is 0.766. The summed E-state index contributed by atoms with van der Waals surface area (Å²) < 4.78 is 0. The minimum absolute atomic E-state index is 0.766. The molecule has 1 heteroatoms. The summed E-state index contributed by atoms with van der Waals surface area (Å²) in [5.41, 5.74) is 1.36. The maximum Gasteiger partial charge on any atom is 0.0369 e. The van der Waals surface area contributed by atoms with E-state index >= 15 is 0 Å². The summed E-state index contributed by atoms with van der Waals surface area (Å²) in [4.78, 5) is 2.52. The normalized spacial score (nSPS) is 22.2. The molecule has 1 aromatic rings. The van der Waals surface area contributed by atoms with Gasteiger partial charge < -0.3 is 4.90 Å². The van der Waals surface area contributed by atoms with Crippen LogP contribution >= 0.6 is 0 Å². The average Bonchev–Trinajstić information content (AvgIpc) is 2.67. The molecule has 0 amide bonds. The number of nitrogens with zero attached hydrogens (tertiary/aromatic N) is 1. The lowest BCUT2D eigenvalue weighted by Gasteiger charge is -2.25. The van der Waals surface area contributed by atoms with E-state index in [1.54, 1.807) is 0 Å². The van der Waals surface area contributed by atoms with Gasteiger partial charge in [-0.15, -0.1) is 0 Å². The van der Waals surface area contributed by atoms with E-state index in [9.17, 15) is 0 Å². The molecule has 1 saturated heterocycles. The van der Waals surface area contributed by atoms with E-state index in [2.05, 4.69) is 30.0 Å². The Bertz CT molecular complexity index is 255. The Kier molecular flexibility index (Phi) is 2.53. The van der Waals surface area contributed by atoms with Crippen molar-refractivity contribution >= 4 is 5.69 Å². The Morgan fingerprint density at radius 1 is 1.46 bits per heavy atom. The fourth-order valence-electron chi connectivity index (χ4n) is 2.17. The van der Waals surface area contributed by atoms with Gasteiger partial charge in [0.25, 0.3) is 0 Å². The summed E-state index contributed by atoms with van der Waals surface area (Å²) in [6, 6.07) is 12.2. The average molecular weight is 174 g/mol. The van der Waals surface area contributed by atoms with Gasteiger partial charge in [0, 0.05) is 18.3 Å². The van der Waals surface area contributed by atoms with E-state index < -0.39 is 0 Å². The van der Waals surface area contributed by atoms with Crippen molar-refractivity contribution in [2.24, 2.45) is 0 Å². The van der Waals surface area contributed by atoms with Crippen LogP contribution in [0.1, 0.15) is 26.2 Å². The van der Waals surface area contributed by atoms with Gasteiger partial charge in [0.2, 0.25) is 0 Å². The molecule has 1 aliphatic heterocycles. The molecule has 1 aliphatic rings. The third-order valence-corrected chi connectivity index (χ3v) is 2.88. The Morgan fingerprint density at radius 3 is 2.92 bits per heavy atom. The van der Waals surface area contributed by atoms with Crippen LogP contribution in [-0.4, -0.2) is 12.6 Å². The molecule has 13 heavy (non-hydrogen) atoms. The number of anilines is 1. The van der Waals surface area contributed by atoms with Gasteiger partial charge in [0.05, 0.1) is 0 Å². The minimum Gasteiger partial charge on any atom is -0.369 e. The molecule has 1 atom stereocenters. The van der Waals surface area contributed by atoms with Gasteiger partial charge in [-0.2, -0.15) is 0 Å². The summed E-state index contributed by atoms with van der Waals surface area (Å²) in [6.45, 7) is 3.50. The molecule has 0 bridgehead atoms. The van der Waals surface area contributed by atoms with Crippen LogP contribution in [0.15, 0.2) is 24.3 Å². The van der Waals surface area contributed by atoms with E-state index in [0.29, 0.717) is 0 Å². The zero-order valence-electron chi connectivity index (χ0n) is 8.16. The van der Waals surface area contributed by atoms with Crippen LogP contribution in [-0.2, 0) is 0 Å². The fourth-order valence-corrected chi connectivity index (χ4v) is 2.17. The molecule has 1 radical (unpaired) electrons. The van der Waals surface area contributed by atoms with Gasteiger partial charge in [-0.25, -0.2) is 0 Å². The van der Waals surface area contributed by atoms with Crippen LogP contribution in [0.2, 0.25) is 0 Å². The fraction of sp³-hybridized carbons (Fsp3) is 0.500. The second-order valence-electron chi connectivity index (χ2n) is 3.66. The van der Waals surface area contributed by atoms with Crippen LogP contribution in [0.25, 0.3) is 0 Å². The zero-order valence-corrected chi connectivity index (χ0v) is 8.16. The van der Waals surface area contributed by atoms with E-state index in [0.717, 1.165) is 6.04 Å². The first-order chi connectivity index (χ1) is 6.42. The summed E-state index contributed by atoms with van der Waals surface area (Å²) in [5, 5.41) is 0. The van der Waals surface area contributed by atoms with Gasteiger partial charge in [0.15, 0.2) is 0 Å². The largest absolute Gasteiger partial charge is 0.369 e. The van der Waals surface area contributed by atoms with Crippen molar-refractivity contribution in [3.8, 4) is 0 Å². The molecule has 1 heterocycles. The summed E-state index contributed by atoms with van der Waals surface area (Å²) in [7, 11) is 0. The molecule has 0 N–H and O–H groups in total. The SMILES string of the molecule is CCC1CCCN1c1cc[c]cc1. The number of hydrogen-bond donors (Lipinski definition) is 0. The van der Waals surface area contributed by atoms with Gasteiger partial charge >= 0.3 is 0 Å². The summed E-state index contributed by atoms with van der Waals surface area (Å²) >= 11 is 0. The smallest absolute Gasteiger partial charge is 0.0369 e. The molecule has 0 aromatic heterocycles. The molecule has 0 saturated carbocycles. The third-order valence-electron chi connectivity index (χ3n) is 2.88. The van der Waals surface area contributed by atoms with Crippen LogP contribution < -0.4 is 4.90 Å². The lowest BCUT2D eigenvalue weighted by molar-refractivity contribution is 0.645. The van der Waals surface area contributed by atoms with Crippen molar-refractivity contribution in [1.29, 1.82) is 0 Å². The first kappa shape index (κ1) is 8.61. The molecule has 2 rings (SSSR count). The van der Waals surface area contributed by atoms with Gasteiger partial charge in [0.1, 0.15) is 0 Å². The number of hydrogen-bond acceptors (Lipinski definition) is 1. The Morgan fingerprint density at radius 2 is 2.23 bits per heavy atom. The van der Waals surface area contributed by atoms with Crippen molar-refractivity contribution in [1.82, 2.24) is 0 Å². The Balaban J connectivity index is 2.16. The standard InChI is InChI=1S/C12H16N/c1-2-11-9-6-10-13(11)12-7-4-3-5-8-12/h4-5,7-8,11H,2,6,9-10H2,1H3.